The van der Waals surface area contributed by atoms with Crippen LogP contribution in [0.3, 0.4) is 0 Å². The molecule has 0 spiro atoms. The molecule has 2 aromatic heterocycles. The number of alkyl halides is 1. The summed E-state index contributed by atoms with van der Waals surface area (Å²) in [5.41, 5.74) is -0.770. The van der Waals surface area contributed by atoms with Crippen molar-refractivity contribution >= 4 is 27.5 Å². The van der Waals surface area contributed by atoms with Crippen LogP contribution >= 0.6 is 0 Å². The van der Waals surface area contributed by atoms with Crippen LogP contribution in [-0.2, 0) is 4.74 Å². The molecule has 46 heavy (non-hydrogen) atoms. The van der Waals surface area contributed by atoms with E-state index in [0.29, 0.717) is 50.3 Å². The van der Waals surface area contributed by atoms with Gasteiger partial charge in [0.1, 0.15) is 46.8 Å². The Kier molecular flexibility index (Phi) is 7.06. The predicted molar refractivity (Wildman–Crippen MR) is 165 cm³/mol. The highest BCUT2D eigenvalue weighted by atomic mass is 19.1. The zero-order valence-electron chi connectivity index (χ0n) is 25.1. The number of phenols is 1. The van der Waals surface area contributed by atoms with Crippen LogP contribution in [-0.4, -0.2) is 88.8 Å². The number of terminal acetylenes is 1. The molecular weight excluding hydrogens is 599 g/mol. The number of aromatic hydroxyl groups is 1. The maximum atomic E-state index is 17.0. The van der Waals surface area contributed by atoms with Crippen LogP contribution in [0.15, 0.2) is 24.3 Å². The number of rotatable bonds is 4. The Bertz CT molecular complexity index is 1920. The van der Waals surface area contributed by atoms with Gasteiger partial charge in [-0.15, -0.1) is 6.42 Å². The van der Waals surface area contributed by atoms with Crippen LogP contribution in [0.4, 0.5) is 19.0 Å². The van der Waals surface area contributed by atoms with E-state index in [1.807, 2.05) is 0 Å². The summed E-state index contributed by atoms with van der Waals surface area (Å²) in [6.45, 7) is 3.21. The van der Waals surface area contributed by atoms with Crippen molar-refractivity contribution in [2.75, 3.05) is 51.0 Å². The van der Waals surface area contributed by atoms with Crippen LogP contribution in [0.5, 0.6) is 17.6 Å². The minimum atomic E-state index is -0.937. The normalized spacial score (nSPS) is 24.5. The van der Waals surface area contributed by atoms with Crippen molar-refractivity contribution in [3.63, 3.8) is 0 Å². The van der Waals surface area contributed by atoms with Gasteiger partial charge in [-0.25, -0.2) is 18.2 Å². The molecule has 3 atom stereocenters. The van der Waals surface area contributed by atoms with Crippen LogP contribution in [0.1, 0.15) is 37.7 Å². The lowest BCUT2D eigenvalue weighted by atomic mass is 9.95. The number of halogens is 3. The van der Waals surface area contributed by atoms with E-state index in [1.165, 1.54) is 24.3 Å². The van der Waals surface area contributed by atoms with Gasteiger partial charge in [0.25, 0.3) is 0 Å². The highest BCUT2D eigenvalue weighted by Crippen LogP contribution is 2.44. The van der Waals surface area contributed by atoms with E-state index in [0.717, 1.165) is 25.8 Å². The van der Waals surface area contributed by atoms with Crippen LogP contribution < -0.4 is 14.4 Å². The molecule has 12 heteroatoms. The second-order valence-corrected chi connectivity index (χ2v) is 12.6. The standard InChI is InChI=1S/C34H32F3N5O4/c1-2-23-25(36)6-5-19-13-22(43)14-24(26(19)23)29-28(37)30-27-31(42-10-4-11-44-17-21(42)7-12-45-32(27)38-29)40-33(39-30)46-18-34-8-3-9-41(34)16-20(35)15-34/h1,5-6,13-14,20-21,43H,3-4,7-12,15-18H2/t20-,21-,34+/m1/s1. The van der Waals surface area contributed by atoms with Crippen molar-refractivity contribution in [2.24, 2.45) is 0 Å². The molecule has 238 valence electrons. The lowest BCUT2D eigenvalue weighted by Gasteiger charge is -2.34. The van der Waals surface area contributed by atoms with Crippen molar-refractivity contribution < 1.29 is 32.5 Å². The van der Waals surface area contributed by atoms with Gasteiger partial charge in [-0.2, -0.15) is 9.97 Å². The van der Waals surface area contributed by atoms with Crippen molar-refractivity contribution in [1.82, 2.24) is 19.9 Å². The molecule has 0 amide bonds. The molecule has 0 unspecified atom stereocenters. The maximum Gasteiger partial charge on any atom is 0.319 e. The Morgan fingerprint density at radius 3 is 2.87 bits per heavy atom. The zero-order valence-corrected chi connectivity index (χ0v) is 25.1. The van der Waals surface area contributed by atoms with Gasteiger partial charge in [-0.3, -0.25) is 4.90 Å². The smallest absolute Gasteiger partial charge is 0.319 e. The molecule has 6 heterocycles. The van der Waals surface area contributed by atoms with E-state index >= 15 is 4.39 Å². The number of hydrogen-bond donors (Lipinski definition) is 1. The topological polar surface area (TPSA) is 93.1 Å². The second kappa shape index (κ2) is 11.2. The van der Waals surface area contributed by atoms with Gasteiger partial charge in [-0.1, -0.05) is 12.0 Å². The quantitative estimate of drug-likeness (QED) is 0.308. The SMILES string of the molecule is C#Cc1c(F)ccc2cc(O)cc(-c3nc4c5c(nc(OC[C@@]67CCCN6C[C@H](F)C7)nc5c3F)N3CCCOC[C@H]3CCO4)c12. The second-order valence-electron chi connectivity index (χ2n) is 12.6. The summed E-state index contributed by atoms with van der Waals surface area (Å²) < 4.78 is 64.7. The monoisotopic (exact) mass is 631 g/mol. The first-order chi connectivity index (χ1) is 22.3. The Hall–Kier alpha value is -4.34. The van der Waals surface area contributed by atoms with Gasteiger partial charge in [0, 0.05) is 43.5 Å². The predicted octanol–water partition coefficient (Wildman–Crippen LogP) is 5.14. The molecule has 2 aromatic carbocycles. The number of hydrogen-bond acceptors (Lipinski definition) is 9. The summed E-state index contributed by atoms with van der Waals surface area (Å²) >= 11 is 0. The van der Waals surface area contributed by atoms with Gasteiger partial charge in [0.2, 0.25) is 5.88 Å². The lowest BCUT2D eigenvalue weighted by molar-refractivity contribution is 0.107. The molecule has 0 bridgehead atoms. The molecule has 1 N–H and O–H groups in total. The summed E-state index contributed by atoms with van der Waals surface area (Å²) in [5, 5.41) is 11.5. The third-order valence-electron chi connectivity index (χ3n) is 9.80. The van der Waals surface area contributed by atoms with Crippen molar-refractivity contribution in [2.45, 2.75) is 49.9 Å². The Labute approximate surface area is 263 Å². The molecule has 0 radical (unpaired) electrons. The number of fused-ring (bicyclic) bond motifs is 4. The number of pyridine rings is 1. The average molecular weight is 632 g/mol. The van der Waals surface area contributed by atoms with Crippen LogP contribution in [0, 0.1) is 24.0 Å². The molecule has 4 aliphatic rings. The minimum absolute atomic E-state index is 0.0475. The molecule has 4 aromatic rings. The number of benzene rings is 2. The fraction of sp³-hybridized carbons (Fsp3) is 0.441. The number of aromatic nitrogens is 3. The van der Waals surface area contributed by atoms with Crippen molar-refractivity contribution in [3.05, 3.63) is 41.5 Å². The first kappa shape index (κ1) is 29.1. The maximum absolute atomic E-state index is 17.0. The summed E-state index contributed by atoms with van der Waals surface area (Å²) in [4.78, 5) is 18.2. The Morgan fingerprint density at radius 1 is 1.11 bits per heavy atom. The summed E-state index contributed by atoms with van der Waals surface area (Å²) in [6.07, 6.45) is 8.18. The van der Waals surface area contributed by atoms with Gasteiger partial charge < -0.3 is 24.2 Å². The van der Waals surface area contributed by atoms with Crippen LogP contribution in [0.25, 0.3) is 32.9 Å². The third kappa shape index (κ3) is 4.67. The summed E-state index contributed by atoms with van der Waals surface area (Å²) in [6, 6.07) is 5.27. The molecule has 0 saturated carbocycles. The number of anilines is 1. The van der Waals surface area contributed by atoms with E-state index < -0.39 is 23.3 Å². The molecule has 0 aliphatic carbocycles. The molecular formula is C34H32F3N5O4. The van der Waals surface area contributed by atoms with Gasteiger partial charge in [0.05, 0.1) is 30.4 Å². The van der Waals surface area contributed by atoms with E-state index in [9.17, 15) is 13.9 Å². The Morgan fingerprint density at radius 2 is 2.00 bits per heavy atom. The van der Waals surface area contributed by atoms with E-state index in [1.54, 1.807) is 0 Å². The van der Waals surface area contributed by atoms with E-state index in [-0.39, 0.29) is 70.0 Å². The molecule has 4 aliphatic heterocycles. The summed E-state index contributed by atoms with van der Waals surface area (Å²) in [7, 11) is 0. The van der Waals surface area contributed by atoms with Gasteiger partial charge >= 0.3 is 6.01 Å². The average Bonchev–Trinajstić information content (AvgIpc) is 3.46. The van der Waals surface area contributed by atoms with Gasteiger partial charge in [0.15, 0.2) is 5.82 Å². The summed E-state index contributed by atoms with van der Waals surface area (Å²) in [5.74, 6) is 1.21. The fourth-order valence-corrected chi connectivity index (χ4v) is 7.70. The first-order valence-corrected chi connectivity index (χ1v) is 15.7. The highest BCUT2D eigenvalue weighted by Gasteiger charge is 2.49. The minimum Gasteiger partial charge on any atom is -0.508 e. The zero-order chi connectivity index (χ0) is 31.6. The highest BCUT2D eigenvalue weighted by molar-refractivity contribution is 6.04. The largest absolute Gasteiger partial charge is 0.508 e. The number of nitrogens with zero attached hydrogens (tertiary/aromatic N) is 5. The van der Waals surface area contributed by atoms with E-state index in [2.05, 4.69) is 25.7 Å². The number of ether oxygens (including phenoxy) is 3. The van der Waals surface area contributed by atoms with Crippen molar-refractivity contribution in [1.29, 1.82) is 0 Å². The van der Waals surface area contributed by atoms with Gasteiger partial charge in [-0.05, 0) is 49.4 Å². The molecule has 3 fully saturated rings. The molecule has 8 rings (SSSR count). The third-order valence-corrected chi connectivity index (χ3v) is 9.80. The molecule has 9 nitrogen and oxygen atoms in total. The first-order valence-electron chi connectivity index (χ1n) is 15.7. The number of phenolic OH excluding ortho intramolecular Hbond substituents is 1. The van der Waals surface area contributed by atoms with Crippen LogP contribution in [0.2, 0.25) is 0 Å². The fourth-order valence-electron chi connectivity index (χ4n) is 7.70. The molecule has 3 saturated heterocycles. The lowest BCUT2D eigenvalue weighted by Crippen LogP contribution is -2.43. The van der Waals surface area contributed by atoms with E-state index in [4.69, 9.17) is 25.6 Å². The van der Waals surface area contributed by atoms with Crippen molar-refractivity contribution in [3.8, 4) is 41.2 Å². The Balaban J connectivity index is 1.34.